The molecule has 2 heteroatoms. The third-order valence-electron chi connectivity index (χ3n) is 12.8. The molecule has 0 amide bonds. The molecule has 64 heavy (non-hydrogen) atoms. The molecule has 300 valence electrons. The first kappa shape index (κ1) is 37.3. The maximum Gasteiger partial charge on any atom is 0.0546 e. The molecule has 0 aliphatic heterocycles. The van der Waals surface area contributed by atoms with Gasteiger partial charge in [-0.25, -0.2) is 0 Å². The van der Waals surface area contributed by atoms with Crippen molar-refractivity contribution in [3.63, 3.8) is 0 Å². The van der Waals surface area contributed by atoms with Crippen LogP contribution in [0.2, 0.25) is 0 Å². The highest BCUT2D eigenvalue weighted by molar-refractivity contribution is 6.14. The lowest BCUT2D eigenvalue weighted by atomic mass is 9.87. The highest BCUT2D eigenvalue weighted by Crippen LogP contribution is 2.49. The lowest BCUT2D eigenvalue weighted by Gasteiger charge is -2.30. The van der Waals surface area contributed by atoms with E-state index in [1.807, 2.05) is 0 Å². The van der Waals surface area contributed by atoms with Crippen LogP contribution in [0.1, 0.15) is 0 Å². The van der Waals surface area contributed by atoms with E-state index in [2.05, 4.69) is 264 Å². The van der Waals surface area contributed by atoms with Gasteiger partial charge in [0.05, 0.1) is 16.7 Å². The van der Waals surface area contributed by atoms with Crippen molar-refractivity contribution in [2.45, 2.75) is 0 Å². The Morgan fingerprint density at radius 3 is 1.56 bits per heavy atom. The van der Waals surface area contributed by atoms with Gasteiger partial charge in [0, 0.05) is 33.4 Å². The second-order valence-electron chi connectivity index (χ2n) is 16.4. The summed E-state index contributed by atoms with van der Waals surface area (Å²) in [5.41, 5.74) is 16.2. The number of hydrogen-bond donors (Lipinski definition) is 0. The van der Waals surface area contributed by atoms with Crippen molar-refractivity contribution in [1.29, 1.82) is 0 Å². The molecule has 0 atom stereocenters. The van der Waals surface area contributed by atoms with Gasteiger partial charge >= 0.3 is 0 Å². The van der Waals surface area contributed by atoms with E-state index in [1.54, 1.807) is 0 Å². The van der Waals surface area contributed by atoms with Crippen molar-refractivity contribution >= 4 is 60.4 Å². The van der Waals surface area contributed by atoms with Gasteiger partial charge in [-0.05, 0) is 121 Å². The summed E-state index contributed by atoms with van der Waals surface area (Å²) in [4.78, 5) is 2.47. The average Bonchev–Trinajstić information content (AvgIpc) is 3.71. The molecule has 11 aromatic carbocycles. The van der Waals surface area contributed by atoms with E-state index in [0.717, 1.165) is 22.7 Å². The second-order valence-corrected chi connectivity index (χ2v) is 16.4. The van der Waals surface area contributed by atoms with Crippen LogP contribution in [0, 0.1) is 0 Å². The summed E-state index contributed by atoms with van der Waals surface area (Å²) in [6, 6.07) is 92.8. The van der Waals surface area contributed by atoms with Crippen LogP contribution >= 0.6 is 0 Å². The van der Waals surface area contributed by atoms with E-state index in [-0.39, 0.29) is 0 Å². The molecule has 0 saturated carbocycles. The quantitative estimate of drug-likeness (QED) is 0.139. The summed E-state index contributed by atoms with van der Waals surface area (Å²) < 4.78 is 2.39. The Balaban J connectivity index is 1.13. The van der Waals surface area contributed by atoms with Crippen LogP contribution in [0.5, 0.6) is 0 Å². The number of para-hydroxylation sites is 2. The molecule has 0 spiro atoms. The van der Waals surface area contributed by atoms with Crippen molar-refractivity contribution in [3.8, 4) is 50.2 Å². The van der Waals surface area contributed by atoms with Gasteiger partial charge in [0.2, 0.25) is 0 Å². The minimum atomic E-state index is 1.07. The molecule has 1 heterocycles. The fraction of sp³-hybridized carbons (Fsp3) is 0. The first-order valence-electron chi connectivity index (χ1n) is 22.0. The molecule has 0 saturated heterocycles. The third-order valence-corrected chi connectivity index (χ3v) is 12.8. The van der Waals surface area contributed by atoms with E-state index in [9.17, 15) is 0 Å². The largest absolute Gasteiger partial charge is 0.310 e. The van der Waals surface area contributed by atoms with Crippen molar-refractivity contribution in [2.24, 2.45) is 0 Å². The fourth-order valence-corrected chi connectivity index (χ4v) is 9.90. The number of fused-ring (bicyclic) bond motifs is 6. The summed E-state index contributed by atoms with van der Waals surface area (Å²) in [6.07, 6.45) is 0. The van der Waals surface area contributed by atoms with E-state index in [0.29, 0.717) is 0 Å². The Labute approximate surface area is 373 Å². The molecule has 0 N–H and O–H groups in total. The first-order valence-corrected chi connectivity index (χ1v) is 22.0. The smallest absolute Gasteiger partial charge is 0.0546 e. The molecule has 0 aliphatic rings. The lowest BCUT2D eigenvalue weighted by Crippen LogP contribution is -2.12. The van der Waals surface area contributed by atoms with Gasteiger partial charge in [-0.1, -0.05) is 194 Å². The number of hydrogen-bond acceptors (Lipinski definition) is 1. The van der Waals surface area contributed by atoms with Gasteiger partial charge in [-0.3, -0.25) is 0 Å². The SMILES string of the molecule is c1ccc(-c2ccccc2-c2c(-c3ccccc3)cccc2N(c2ccc(-c3cc4ccccc4c4ccccc34)cc2)c2ccc3c(c2)c2ccccc2n3-c2ccccc2)cc1. The van der Waals surface area contributed by atoms with E-state index < -0.39 is 0 Å². The summed E-state index contributed by atoms with van der Waals surface area (Å²) >= 11 is 0. The number of aromatic nitrogens is 1. The molecule has 1 aromatic heterocycles. The summed E-state index contributed by atoms with van der Waals surface area (Å²) in [5, 5.41) is 7.45. The molecule has 0 aliphatic carbocycles. The highest BCUT2D eigenvalue weighted by Gasteiger charge is 2.24. The van der Waals surface area contributed by atoms with Crippen LogP contribution in [0.4, 0.5) is 17.1 Å². The van der Waals surface area contributed by atoms with Crippen LogP contribution in [-0.4, -0.2) is 4.57 Å². The van der Waals surface area contributed by atoms with Crippen molar-refractivity contribution < 1.29 is 0 Å². The maximum absolute atomic E-state index is 2.47. The Kier molecular flexibility index (Phi) is 9.20. The average molecular weight is 815 g/mol. The predicted octanol–water partition coefficient (Wildman–Crippen LogP) is 17.2. The number of anilines is 3. The Morgan fingerprint density at radius 1 is 0.281 bits per heavy atom. The predicted molar refractivity (Wildman–Crippen MR) is 272 cm³/mol. The third kappa shape index (κ3) is 6.35. The Morgan fingerprint density at radius 2 is 0.812 bits per heavy atom. The molecule has 0 radical (unpaired) electrons. The monoisotopic (exact) mass is 814 g/mol. The lowest BCUT2D eigenvalue weighted by molar-refractivity contribution is 1.18. The zero-order valence-corrected chi connectivity index (χ0v) is 35.1. The Bertz CT molecular complexity index is 3640. The molecule has 0 unspecified atom stereocenters. The molecule has 0 bridgehead atoms. The normalized spacial score (nSPS) is 11.4. The van der Waals surface area contributed by atoms with E-state index in [4.69, 9.17) is 0 Å². The van der Waals surface area contributed by atoms with Crippen LogP contribution in [0.15, 0.2) is 255 Å². The maximum atomic E-state index is 2.47. The zero-order chi connectivity index (χ0) is 42.4. The van der Waals surface area contributed by atoms with Gasteiger partial charge < -0.3 is 9.47 Å². The number of benzene rings is 11. The van der Waals surface area contributed by atoms with Crippen molar-refractivity contribution in [1.82, 2.24) is 4.57 Å². The summed E-state index contributed by atoms with van der Waals surface area (Å²) in [5.74, 6) is 0. The van der Waals surface area contributed by atoms with Crippen molar-refractivity contribution in [3.05, 3.63) is 255 Å². The standard InChI is InChI=1S/C62H42N2/c1-4-19-43(20-5-1)50-26-12-15-31-56(50)62-52(44-21-6-2-7-22-44)32-18-34-61(62)63(49-39-40-60-58(42-49)55-30-16-17-33-59(55)64(60)47-24-8-3-9-25-47)48-37-35-45(36-38-48)57-41-46-23-10-11-27-51(46)53-28-13-14-29-54(53)57/h1-42H. The molecule has 12 rings (SSSR count). The highest BCUT2D eigenvalue weighted by atomic mass is 15.1. The van der Waals surface area contributed by atoms with Gasteiger partial charge in [0.1, 0.15) is 0 Å². The van der Waals surface area contributed by atoms with E-state index in [1.165, 1.54) is 87.9 Å². The number of rotatable bonds is 8. The zero-order valence-electron chi connectivity index (χ0n) is 35.1. The van der Waals surface area contributed by atoms with Gasteiger partial charge in [0.25, 0.3) is 0 Å². The van der Waals surface area contributed by atoms with E-state index >= 15 is 0 Å². The van der Waals surface area contributed by atoms with Crippen LogP contribution in [0.3, 0.4) is 0 Å². The summed E-state index contributed by atoms with van der Waals surface area (Å²) in [7, 11) is 0. The van der Waals surface area contributed by atoms with Crippen LogP contribution in [-0.2, 0) is 0 Å². The molecular weight excluding hydrogens is 773 g/mol. The van der Waals surface area contributed by atoms with Crippen molar-refractivity contribution in [2.75, 3.05) is 4.90 Å². The first-order chi connectivity index (χ1) is 31.8. The molecule has 12 aromatic rings. The fourth-order valence-electron chi connectivity index (χ4n) is 9.90. The molecule has 2 nitrogen and oxygen atoms in total. The van der Waals surface area contributed by atoms with Gasteiger partial charge in [-0.15, -0.1) is 0 Å². The minimum absolute atomic E-state index is 1.07. The minimum Gasteiger partial charge on any atom is -0.310 e. The Hall–Kier alpha value is -8.46. The summed E-state index contributed by atoms with van der Waals surface area (Å²) in [6.45, 7) is 0. The molecule has 0 fully saturated rings. The van der Waals surface area contributed by atoms with Gasteiger partial charge in [0.15, 0.2) is 0 Å². The van der Waals surface area contributed by atoms with Gasteiger partial charge in [-0.2, -0.15) is 0 Å². The molecular formula is C62H42N2. The second kappa shape index (κ2) is 15.8. The van der Waals surface area contributed by atoms with Crippen LogP contribution in [0.25, 0.3) is 93.5 Å². The number of nitrogens with zero attached hydrogens (tertiary/aromatic N) is 2. The topological polar surface area (TPSA) is 8.17 Å². The van der Waals surface area contributed by atoms with Crippen LogP contribution < -0.4 is 4.90 Å².